The molecule has 5 heteroatoms. The number of nitrogens with one attached hydrogen (secondary N) is 2. The lowest BCUT2D eigenvalue weighted by Gasteiger charge is -2.04. The molecule has 1 aromatic carbocycles. The maximum atomic E-state index is 11.7. The van der Waals surface area contributed by atoms with Crippen molar-refractivity contribution in [3.8, 4) is 0 Å². The number of hydrogen-bond donors (Lipinski definition) is 3. The number of carbonyl (C=O) groups is 1. The Morgan fingerprint density at radius 2 is 1.94 bits per heavy atom. The molecule has 0 saturated carbocycles. The highest BCUT2D eigenvalue weighted by molar-refractivity contribution is 6.30. The molecule has 2 rings (SSSR count). The van der Waals surface area contributed by atoms with Crippen molar-refractivity contribution in [3.63, 3.8) is 0 Å². The Morgan fingerprint density at radius 1 is 1.28 bits per heavy atom. The highest BCUT2D eigenvalue weighted by atomic mass is 35.5. The van der Waals surface area contributed by atoms with Crippen LogP contribution < -0.4 is 5.32 Å². The van der Waals surface area contributed by atoms with Crippen molar-refractivity contribution < 1.29 is 9.90 Å². The smallest absolute Gasteiger partial charge is 0.268 e. The molecular weight excluding hydrogens is 252 g/mol. The molecule has 0 bridgehead atoms. The molecule has 1 heterocycles. The van der Waals surface area contributed by atoms with Crippen molar-refractivity contribution >= 4 is 17.5 Å². The summed E-state index contributed by atoms with van der Waals surface area (Å²) in [6.07, 6.45) is 1.56. The van der Waals surface area contributed by atoms with Gasteiger partial charge in [-0.05, 0) is 17.2 Å². The number of hydrogen-bond acceptors (Lipinski definition) is 2. The first kappa shape index (κ1) is 12.7. The normalized spacial score (nSPS) is 10.3. The predicted molar refractivity (Wildman–Crippen MR) is 69.3 cm³/mol. The number of amides is 1. The fraction of sp³-hybridized carbons (Fsp3) is 0.154. The molecule has 2 aromatic rings. The van der Waals surface area contributed by atoms with Crippen LogP contribution in [0, 0.1) is 0 Å². The fourth-order valence-corrected chi connectivity index (χ4v) is 1.70. The van der Waals surface area contributed by atoms with E-state index in [0.717, 1.165) is 11.1 Å². The van der Waals surface area contributed by atoms with E-state index in [1.807, 2.05) is 24.3 Å². The highest BCUT2D eigenvalue weighted by Gasteiger charge is 2.07. The summed E-state index contributed by atoms with van der Waals surface area (Å²) < 4.78 is 0. The maximum Gasteiger partial charge on any atom is 0.268 e. The Balaban J connectivity index is 1.92. The summed E-state index contributed by atoms with van der Waals surface area (Å²) in [5, 5.41) is 12.2. The van der Waals surface area contributed by atoms with Gasteiger partial charge in [-0.15, -0.1) is 0 Å². The molecule has 0 aliphatic carbocycles. The van der Waals surface area contributed by atoms with E-state index < -0.39 is 0 Å². The summed E-state index contributed by atoms with van der Waals surface area (Å²) >= 11 is 5.72. The zero-order chi connectivity index (χ0) is 13.0. The molecule has 0 radical (unpaired) electrons. The second-order valence-corrected chi connectivity index (χ2v) is 4.33. The first-order valence-electron chi connectivity index (χ1n) is 5.50. The number of H-pyrrole nitrogens is 1. The van der Waals surface area contributed by atoms with Crippen LogP contribution in [0.2, 0.25) is 5.02 Å². The van der Waals surface area contributed by atoms with Crippen molar-refractivity contribution in [1.29, 1.82) is 0 Å². The van der Waals surface area contributed by atoms with Crippen molar-refractivity contribution in [2.24, 2.45) is 0 Å². The summed E-state index contributed by atoms with van der Waals surface area (Å²) in [5.41, 5.74) is 2.26. The number of rotatable bonds is 4. The molecule has 1 aromatic heterocycles. The quantitative estimate of drug-likeness (QED) is 0.792. The van der Waals surface area contributed by atoms with Crippen molar-refractivity contribution in [2.75, 3.05) is 0 Å². The standard InChI is InChI=1S/C13H13ClN2O2/c14-11-5-12(15-7-11)13(18)16-6-9-1-3-10(8-17)4-2-9/h1-5,7,15,17H,6,8H2,(H,16,18). The van der Waals surface area contributed by atoms with E-state index in [2.05, 4.69) is 10.3 Å². The van der Waals surface area contributed by atoms with Crippen LogP contribution in [0.1, 0.15) is 21.6 Å². The van der Waals surface area contributed by atoms with Gasteiger partial charge in [0.25, 0.3) is 5.91 Å². The zero-order valence-electron chi connectivity index (χ0n) is 9.61. The fourth-order valence-electron chi connectivity index (χ4n) is 1.54. The number of carbonyl (C=O) groups excluding carboxylic acids is 1. The molecular formula is C13H13ClN2O2. The summed E-state index contributed by atoms with van der Waals surface area (Å²) in [6.45, 7) is 0.453. The molecule has 0 aliphatic rings. The van der Waals surface area contributed by atoms with Crippen LogP contribution >= 0.6 is 11.6 Å². The highest BCUT2D eigenvalue weighted by Crippen LogP contribution is 2.09. The molecule has 0 fully saturated rings. The second kappa shape index (κ2) is 5.71. The Bertz CT molecular complexity index is 534. The lowest BCUT2D eigenvalue weighted by molar-refractivity contribution is 0.0946. The molecule has 1 amide bonds. The van der Waals surface area contributed by atoms with E-state index in [4.69, 9.17) is 16.7 Å². The summed E-state index contributed by atoms with van der Waals surface area (Å²) in [5.74, 6) is -0.201. The van der Waals surface area contributed by atoms with Gasteiger partial charge in [0.2, 0.25) is 0 Å². The van der Waals surface area contributed by atoms with Crippen LogP contribution in [0.15, 0.2) is 36.5 Å². The van der Waals surface area contributed by atoms with Crippen molar-refractivity contribution in [2.45, 2.75) is 13.2 Å². The third-order valence-electron chi connectivity index (χ3n) is 2.55. The largest absolute Gasteiger partial charge is 0.392 e. The Labute approximate surface area is 110 Å². The first-order chi connectivity index (χ1) is 8.69. The lowest BCUT2D eigenvalue weighted by Crippen LogP contribution is -2.22. The van der Waals surface area contributed by atoms with Gasteiger partial charge in [-0.3, -0.25) is 4.79 Å². The van der Waals surface area contributed by atoms with Crippen LogP contribution in [-0.2, 0) is 13.2 Å². The van der Waals surface area contributed by atoms with Gasteiger partial charge in [-0.2, -0.15) is 0 Å². The molecule has 94 valence electrons. The van der Waals surface area contributed by atoms with Crippen LogP contribution in [0.25, 0.3) is 0 Å². The average Bonchev–Trinajstić information content (AvgIpc) is 2.83. The predicted octanol–water partition coefficient (Wildman–Crippen LogP) is 2.09. The molecule has 3 N–H and O–H groups in total. The summed E-state index contributed by atoms with van der Waals surface area (Å²) in [6, 6.07) is 8.97. The monoisotopic (exact) mass is 264 g/mol. The summed E-state index contributed by atoms with van der Waals surface area (Å²) in [7, 11) is 0. The number of aliphatic hydroxyl groups is 1. The molecule has 0 spiro atoms. The Kier molecular flexibility index (Phi) is 4.02. The van der Waals surface area contributed by atoms with Gasteiger partial charge < -0.3 is 15.4 Å². The third-order valence-corrected chi connectivity index (χ3v) is 2.77. The number of benzene rings is 1. The van der Waals surface area contributed by atoms with Gasteiger partial charge in [0, 0.05) is 12.7 Å². The first-order valence-corrected chi connectivity index (χ1v) is 5.87. The van der Waals surface area contributed by atoms with Gasteiger partial charge in [-0.1, -0.05) is 35.9 Å². The SMILES string of the molecule is O=C(NCc1ccc(CO)cc1)c1cc(Cl)c[nH]1. The van der Waals surface area contributed by atoms with Crippen LogP contribution in [0.3, 0.4) is 0 Å². The van der Waals surface area contributed by atoms with Gasteiger partial charge >= 0.3 is 0 Å². The molecule has 0 unspecified atom stereocenters. The number of halogens is 1. The van der Waals surface area contributed by atoms with Gasteiger partial charge in [0.15, 0.2) is 0 Å². The lowest BCUT2D eigenvalue weighted by atomic mass is 10.1. The third kappa shape index (κ3) is 3.12. The van der Waals surface area contributed by atoms with E-state index in [1.165, 1.54) is 0 Å². The van der Waals surface area contributed by atoms with E-state index in [-0.39, 0.29) is 12.5 Å². The summed E-state index contributed by atoms with van der Waals surface area (Å²) in [4.78, 5) is 14.5. The minimum atomic E-state index is -0.201. The van der Waals surface area contributed by atoms with Gasteiger partial charge in [0.1, 0.15) is 5.69 Å². The molecule has 0 aliphatic heterocycles. The van der Waals surface area contributed by atoms with Gasteiger partial charge in [0.05, 0.1) is 11.6 Å². The van der Waals surface area contributed by atoms with Crippen LogP contribution in [-0.4, -0.2) is 16.0 Å². The maximum absolute atomic E-state index is 11.7. The molecule has 0 atom stereocenters. The molecule has 18 heavy (non-hydrogen) atoms. The van der Waals surface area contributed by atoms with E-state index >= 15 is 0 Å². The number of aromatic amines is 1. The minimum absolute atomic E-state index is 0.0214. The molecule has 0 saturated heterocycles. The molecule has 4 nitrogen and oxygen atoms in total. The van der Waals surface area contributed by atoms with Crippen molar-refractivity contribution in [1.82, 2.24) is 10.3 Å². The zero-order valence-corrected chi connectivity index (χ0v) is 10.4. The van der Waals surface area contributed by atoms with Crippen LogP contribution in [0.5, 0.6) is 0 Å². The number of aromatic nitrogens is 1. The second-order valence-electron chi connectivity index (χ2n) is 3.89. The van der Waals surface area contributed by atoms with Gasteiger partial charge in [-0.25, -0.2) is 0 Å². The van der Waals surface area contributed by atoms with E-state index in [9.17, 15) is 4.79 Å². The topological polar surface area (TPSA) is 65.1 Å². The van der Waals surface area contributed by atoms with Crippen LogP contribution in [0.4, 0.5) is 0 Å². The van der Waals surface area contributed by atoms with E-state index in [1.54, 1.807) is 12.3 Å². The average molecular weight is 265 g/mol. The Hall–Kier alpha value is -1.78. The minimum Gasteiger partial charge on any atom is -0.392 e. The number of aliphatic hydroxyl groups excluding tert-OH is 1. The Morgan fingerprint density at radius 3 is 2.50 bits per heavy atom. The van der Waals surface area contributed by atoms with Crippen molar-refractivity contribution in [3.05, 3.63) is 58.4 Å². The van der Waals surface area contributed by atoms with E-state index in [0.29, 0.717) is 17.3 Å².